The Morgan fingerprint density at radius 3 is 2.56 bits per heavy atom. The second-order valence-electron chi connectivity index (χ2n) is 3.83. The van der Waals surface area contributed by atoms with E-state index >= 15 is 0 Å². The SMILES string of the molecule is Cc1ccc(-c2cc(N)c(C#N)s2)c(C)c1. The fourth-order valence-electron chi connectivity index (χ4n) is 1.72. The Hall–Kier alpha value is -1.79. The smallest absolute Gasteiger partial charge is 0.128 e. The summed E-state index contributed by atoms with van der Waals surface area (Å²) in [5.41, 5.74) is 9.94. The largest absolute Gasteiger partial charge is 0.397 e. The van der Waals surface area contributed by atoms with Crippen molar-refractivity contribution in [2.24, 2.45) is 0 Å². The van der Waals surface area contributed by atoms with E-state index in [1.165, 1.54) is 22.5 Å². The molecule has 0 amide bonds. The van der Waals surface area contributed by atoms with Crippen molar-refractivity contribution < 1.29 is 0 Å². The molecule has 1 heterocycles. The molecule has 2 N–H and O–H groups in total. The highest BCUT2D eigenvalue weighted by molar-refractivity contribution is 7.16. The van der Waals surface area contributed by atoms with Crippen molar-refractivity contribution in [3.8, 4) is 16.5 Å². The van der Waals surface area contributed by atoms with Crippen molar-refractivity contribution in [1.82, 2.24) is 0 Å². The van der Waals surface area contributed by atoms with E-state index in [0.717, 1.165) is 10.4 Å². The number of nitrogen functional groups attached to an aromatic ring is 1. The van der Waals surface area contributed by atoms with Crippen molar-refractivity contribution in [3.05, 3.63) is 40.3 Å². The summed E-state index contributed by atoms with van der Waals surface area (Å²) in [5.74, 6) is 0. The van der Waals surface area contributed by atoms with Gasteiger partial charge in [-0.05, 0) is 31.0 Å². The fraction of sp³-hybridized carbons (Fsp3) is 0.154. The van der Waals surface area contributed by atoms with Gasteiger partial charge in [-0.15, -0.1) is 11.3 Å². The molecular weight excluding hydrogens is 216 g/mol. The van der Waals surface area contributed by atoms with Crippen molar-refractivity contribution >= 4 is 17.0 Å². The topological polar surface area (TPSA) is 49.8 Å². The van der Waals surface area contributed by atoms with Gasteiger partial charge in [0, 0.05) is 4.88 Å². The summed E-state index contributed by atoms with van der Waals surface area (Å²) in [5, 5.41) is 8.87. The molecule has 0 aliphatic heterocycles. The van der Waals surface area contributed by atoms with Crippen LogP contribution in [0, 0.1) is 25.2 Å². The quantitative estimate of drug-likeness (QED) is 0.812. The zero-order valence-corrected chi connectivity index (χ0v) is 10.1. The standard InChI is InChI=1S/C13H12N2S/c1-8-3-4-10(9(2)5-8)12-6-11(15)13(7-14)16-12/h3-6H,15H2,1-2H3. The highest BCUT2D eigenvalue weighted by Gasteiger charge is 2.09. The number of hydrogen-bond acceptors (Lipinski definition) is 3. The Kier molecular flexibility index (Phi) is 2.67. The molecule has 0 saturated carbocycles. The van der Waals surface area contributed by atoms with Crippen molar-refractivity contribution in [2.75, 3.05) is 5.73 Å². The Bertz CT molecular complexity index is 576. The third-order valence-electron chi connectivity index (χ3n) is 2.51. The highest BCUT2D eigenvalue weighted by atomic mass is 32.1. The van der Waals surface area contributed by atoms with Crippen LogP contribution in [0.1, 0.15) is 16.0 Å². The minimum atomic E-state index is 0.572. The van der Waals surface area contributed by atoms with Crippen LogP contribution in [0.4, 0.5) is 5.69 Å². The molecule has 1 aromatic heterocycles. The second-order valence-corrected chi connectivity index (χ2v) is 4.88. The number of hydrogen-bond donors (Lipinski definition) is 1. The van der Waals surface area contributed by atoms with Crippen LogP contribution in [-0.4, -0.2) is 0 Å². The Labute approximate surface area is 99.0 Å². The minimum Gasteiger partial charge on any atom is -0.397 e. The maximum absolute atomic E-state index is 8.87. The molecule has 2 aromatic rings. The molecule has 2 nitrogen and oxygen atoms in total. The van der Waals surface area contributed by atoms with Crippen LogP contribution in [0.3, 0.4) is 0 Å². The predicted octanol–water partition coefficient (Wildman–Crippen LogP) is 3.49. The van der Waals surface area contributed by atoms with E-state index in [9.17, 15) is 0 Å². The number of anilines is 1. The number of nitrogens with zero attached hydrogens (tertiary/aromatic N) is 1. The van der Waals surface area contributed by atoms with Gasteiger partial charge >= 0.3 is 0 Å². The first kappa shape index (κ1) is 10.7. The summed E-state index contributed by atoms with van der Waals surface area (Å²) in [6, 6.07) is 10.3. The van der Waals surface area contributed by atoms with E-state index in [1.54, 1.807) is 0 Å². The van der Waals surface area contributed by atoms with Gasteiger partial charge in [-0.2, -0.15) is 5.26 Å². The predicted molar refractivity (Wildman–Crippen MR) is 68.4 cm³/mol. The average molecular weight is 228 g/mol. The number of benzene rings is 1. The molecule has 0 saturated heterocycles. The van der Waals surface area contributed by atoms with Gasteiger partial charge in [-0.1, -0.05) is 23.8 Å². The Morgan fingerprint density at radius 1 is 1.25 bits per heavy atom. The van der Waals surface area contributed by atoms with Crippen LogP contribution in [-0.2, 0) is 0 Å². The highest BCUT2D eigenvalue weighted by Crippen LogP contribution is 2.34. The van der Waals surface area contributed by atoms with Crippen molar-refractivity contribution in [3.63, 3.8) is 0 Å². The molecule has 0 radical (unpaired) electrons. The third-order valence-corrected chi connectivity index (χ3v) is 3.60. The molecular formula is C13H12N2S. The number of rotatable bonds is 1. The number of nitriles is 1. The van der Waals surface area contributed by atoms with Crippen LogP contribution in [0.15, 0.2) is 24.3 Å². The van der Waals surface area contributed by atoms with Crippen LogP contribution in [0.25, 0.3) is 10.4 Å². The van der Waals surface area contributed by atoms with Gasteiger partial charge in [-0.25, -0.2) is 0 Å². The minimum absolute atomic E-state index is 0.572. The summed E-state index contributed by atoms with van der Waals surface area (Å²) in [4.78, 5) is 1.65. The van der Waals surface area contributed by atoms with Crippen LogP contribution in [0.2, 0.25) is 0 Å². The van der Waals surface area contributed by atoms with Gasteiger partial charge in [0.25, 0.3) is 0 Å². The van der Waals surface area contributed by atoms with E-state index in [4.69, 9.17) is 11.0 Å². The van der Waals surface area contributed by atoms with Gasteiger partial charge in [0.05, 0.1) is 5.69 Å². The summed E-state index contributed by atoms with van der Waals surface area (Å²) >= 11 is 1.45. The number of thiophene rings is 1. The summed E-state index contributed by atoms with van der Waals surface area (Å²) in [7, 11) is 0. The molecule has 80 valence electrons. The van der Waals surface area contributed by atoms with Crippen molar-refractivity contribution in [2.45, 2.75) is 13.8 Å². The molecule has 16 heavy (non-hydrogen) atoms. The van der Waals surface area contributed by atoms with E-state index in [-0.39, 0.29) is 0 Å². The third kappa shape index (κ3) is 1.80. The first-order chi connectivity index (χ1) is 7.61. The fourth-order valence-corrected chi connectivity index (χ4v) is 2.68. The summed E-state index contributed by atoms with van der Waals surface area (Å²) in [6.07, 6.45) is 0. The molecule has 0 atom stereocenters. The van der Waals surface area contributed by atoms with E-state index < -0.39 is 0 Å². The molecule has 1 aromatic carbocycles. The molecule has 2 rings (SSSR count). The average Bonchev–Trinajstić information content (AvgIpc) is 2.59. The lowest BCUT2D eigenvalue weighted by molar-refractivity contribution is 1.39. The lowest BCUT2D eigenvalue weighted by Gasteiger charge is -2.03. The zero-order chi connectivity index (χ0) is 11.7. The van der Waals surface area contributed by atoms with Gasteiger partial charge < -0.3 is 5.73 Å². The van der Waals surface area contributed by atoms with Crippen LogP contribution in [0.5, 0.6) is 0 Å². The Balaban J connectivity index is 2.55. The first-order valence-corrected chi connectivity index (χ1v) is 5.80. The monoisotopic (exact) mass is 228 g/mol. The second kappa shape index (κ2) is 3.99. The molecule has 0 aliphatic carbocycles. The zero-order valence-electron chi connectivity index (χ0n) is 9.24. The maximum atomic E-state index is 8.87. The number of nitrogens with two attached hydrogens (primary N) is 1. The summed E-state index contributed by atoms with van der Waals surface area (Å²) in [6.45, 7) is 4.14. The molecule has 0 fully saturated rings. The van der Waals surface area contributed by atoms with Crippen molar-refractivity contribution in [1.29, 1.82) is 5.26 Å². The van der Waals surface area contributed by atoms with Gasteiger partial charge in [0.2, 0.25) is 0 Å². The molecule has 0 spiro atoms. The molecule has 0 aliphatic rings. The Morgan fingerprint density at radius 2 is 2.00 bits per heavy atom. The normalized spacial score (nSPS) is 10.1. The van der Waals surface area contributed by atoms with Crippen LogP contribution >= 0.6 is 11.3 Å². The van der Waals surface area contributed by atoms with Crippen LogP contribution < -0.4 is 5.73 Å². The van der Waals surface area contributed by atoms with Gasteiger partial charge in [-0.3, -0.25) is 0 Å². The lowest BCUT2D eigenvalue weighted by Crippen LogP contribution is -1.83. The maximum Gasteiger partial charge on any atom is 0.128 e. The first-order valence-electron chi connectivity index (χ1n) is 4.99. The van der Waals surface area contributed by atoms with E-state index in [0.29, 0.717) is 10.6 Å². The van der Waals surface area contributed by atoms with Gasteiger partial charge in [0.1, 0.15) is 10.9 Å². The lowest BCUT2D eigenvalue weighted by atomic mass is 10.0. The molecule has 0 bridgehead atoms. The molecule has 3 heteroatoms. The summed E-state index contributed by atoms with van der Waals surface area (Å²) < 4.78 is 0. The van der Waals surface area contributed by atoms with Gasteiger partial charge in [0.15, 0.2) is 0 Å². The van der Waals surface area contributed by atoms with E-state index in [1.807, 2.05) is 6.07 Å². The number of aryl methyl sites for hydroxylation is 2. The van der Waals surface area contributed by atoms with E-state index in [2.05, 4.69) is 38.1 Å². The molecule has 0 unspecified atom stereocenters.